The lowest BCUT2D eigenvalue weighted by molar-refractivity contribution is -0.384. The van der Waals surface area contributed by atoms with Gasteiger partial charge in [-0.15, -0.1) is 11.8 Å². The zero-order chi connectivity index (χ0) is 15.8. The van der Waals surface area contributed by atoms with Gasteiger partial charge in [-0.25, -0.2) is 0 Å². The average Bonchev–Trinajstić information content (AvgIpc) is 2.45. The molecule has 1 N–H and O–H groups in total. The van der Waals surface area contributed by atoms with Crippen molar-refractivity contribution in [3.05, 3.63) is 39.9 Å². The molecule has 1 amide bonds. The minimum absolute atomic E-state index is 0.0123. The minimum atomic E-state index is -0.403. The summed E-state index contributed by atoms with van der Waals surface area (Å²) in [5.41, 5.74) is 0.949. The van der Waals surface area contributed by atoms with Crippen molar-refractivity contribution in [3.8, 4) is 0 Å². The Balaban J connectivity index is 2.50. The Kier molecular flexibility index (Phi) is 7.22. The van der Waals surface area contributed by atoms with E-state index in [2.05, 4.69) is 12.2 Å². The van der Waals surface area contributed by atoms with Crippen molar-refractivity contribution >= 4 is 23.4 Å². The number of amides is 1. The van der Waals surface area contributed by atoms with Crippen LogP contribution in [-0.4, -0.2) is 22.6 Å². The predicted molar refractivity (Wildman–Crippen MR) is 86.5 cm³/mol. The average molecular weight is 310 g/mol. The first-order valence-corrected chi connectivity index (χ1v) is 8.14. The number of thioether (sulfide) groups is 1. The maximum Gasteiger partial charge on any atom is 0.269 e. The minimum Gasteiger partial charge on any atom is -0.353 e. The molecule has 0 unspecified atom stereocenters. The van der Waals surface area contributed by atoms with E-state index in [4.69, 9.17) is 0 Å². The molecule has 0 aliphatic heterocycles. The molecule has 0 spiro atoms. The topological polar surface area (TPSA) is 72.2 Å². The molecule has 1 rings (SSSR count). The molecule has 0 bridgehead atoms. The zero-order valence-corrected chi connectivity index (χ0v) is 13.5. The molecule has 2 atom stereocenters. The third-order valence-electron chi connectivity index (χ3n) is 3.14. The largest absolute Gasteiger partial charge is 0.353 e. The summed E-state index contributed by atoms with van der Waals surface area (Å²) in [7, 11) is 0. The van der Waals surface area contributed by atoms with Crippen LogP contribution in [0.15, 0.2) is 24.3 Å². The molecular weight excluding hydrogens is 288 g/mol. The van der Waals surface area contributed by atoms with Gasteiger partial charge in [-0.3, -0.25) is 14.9 Å². The van der Waals surface area contributed by atoms with Crippen LogP contribution < -0.4 is 5.32 Å². The highest BCUT2D eigenvalue weighted by Crippen LogP contribution is 2.29. The van der Waals surface area contributed by atoms with Gasteiger partial charge in [0.25, 0.3) is 5.69 Å². The number of hydrogen-bond acceptors (Lipinski definition) is 4. The van der Waals surface area contributed by atoms with Crippen molar-refractivity contribution in [1.29, 1.82) is 0 Å². The highest BCUT2D eigenvalue weighted by molar-refractivity contribution is 8.00. The van der Waals surface area contributed by atoms with Crippen LogP contribution in [0.4, 0.5) is 5.69 Å². The van der Waals surface area contributed by atoms with Crippen molar-refractivity contribution in [2.45, 2.75) is 44.9 Å². The molecule has 116 valence electrons. The normalized spacial score (nSPS) is 13.5. The van der Waals surface area contributed by atoms with Gasteiger partial charge in [0.15, 0.2) is 0 Å². The number of carbonyl (C=O) groups excluding carboxylic acids is 1. The van der Waals surface area contributed by atoms with Crippen molar-refractivity contribution in [2.75, 3.05) is 5.75 Å². The van der Waals surface area contributed by atoms with E-state index in [-0.39, 0.29) is 22.9 Å². The lowest BCUT2D eigenvalue weighted by Crippen LogP contribution is -2.33. The fourth-order valence-electron chi connectivity index (χ4n) is 2.01. The molecule has 21 heavy (non-hydrogen) atoms. The summed E-state index contributed by atoms with van der Waals surface area (Å²) < 4.78 is 0. The van der Waals surface area contributed by atoms with E-state index in [1.165, 1.54) is 17.8 Å². The first kappa shape index (κ1) is 17.5. The maximum atomic E-state index is 11.8. The highest BCUT2D eigenvalue weighted by atomic mass is 32.2. The van der Waals surface area contributed by atoms with E-state index in [1.54, 1.807) is 12.1 Å². The highest BCUT2D eigenvalue weighted by Gasteiger charge is 2.13. The Labute approximate surface area is 129 Å². The lowest BCUT2D eigenvalue weighted by atomic mass is 10.1. The number of non-ortho nitro benzene ring substituents is 1. The van der Waals surface area contributed by atoms with Crippen molar-refractivity contribution in [3.63, 3.8) is 0 Å². The van der Waals surface area contributed by atoms with E-state index in [0.717, 1.165) is 18.4 Å². The second-order valence-electron chi connectivity index (χ2n) is 5.06. The van der Waals surface area contributed by atoms with E-state index >= 15 is 0 Å². The molecule has 0 saturated heterocycles. The van der Waals surface area contributed by atoms with Crippen LogP contribution in [0.5, 0.6) is 0 Å². The van der Waals surface area contributed by atoms with Gasteiger partial charge in [0.2, 0.25) is 5.91 Å². The molecular formula is C15H22N2O3S. The fraction of sp³-hybridized carbons (Fsp3) is 0.533. The van der Waals surface area contributed by atoms with Gasteiger partial charge in [-0.1, -0.05) is 25.5 Å². The molecule has 0 aromatic heterocycles. The van der Waals surface area contributed by atoms with Crippen LogP contribution >= 0.6 is 11.8 Å². The summed E-state index contributed by atoms with van der Waals surface area (Å²) >= 11 is 1.48. The van der Waals surface area contributed by atoms with Crippen LogP contribution in [-0.2, 0) is 4.79 Å². The number of nitro benzene ring substituents is 1. The van der Waals surface area contributed by atoms with Crippen molar-refractivity contribution < 1.29 is 9.72 Å². The van der Waals surface area contributed by atoms with Gasteiger partial charge in [0.1, 0.15) is 0 Å². The molecule has 5 nitrogen and oxygen atoms in total. The number of hydrogen-bond donors (Lipinski definition) is 1. The molecule has 0 heterocycles. The molecule has 0 saturated carbocycles. The second-order valence-corrected chi connectivity index (χ2v) is 6.39. The fourth-order valence-corrected chi connectivity index (χ4v) is 2.83. The molecule has 0 aliphatic rings. The van der Waals surface area contributed by atoms with Crippen LogP contribution in [0, 0.1) is 10.1 Å². The molecule has 1 aromatic carbocycles. The van der Waals surface area contributed by atoms with Gasteiger partial charge in [0, 0.05) is 23.4 Å². The first-order chi connectivity index (χ1) is 9.93. The third kappa shape index (κ3) is 6.16. The number of benzene rings is 1. The summed E-state index contributed by atoms with van der Waals surface area (Å²) in [6.45, 7) is 6.03. The summed E-state index contributed by atoms with van der Waals surface area (Å²) in [6.07, 6.45) is 2.01. The summed E-state index contributed by atoms with van der Waals surface area (Å²) in [5, 5.41) is 13.7. The zero-order valence-electron chi connectivity index (χ0n) is 12.7. The molecule has 0 fully saturated rings. The monoisotopic (exact) mass is 310 g/mol. The van der Waals surface area contributed by atoms with E-state index < -0.39 is 4.92 Å². The number of carbonyl (C=O) groups is 1. The van der Waals surface area contributed by atoms with Gasteiger partial charge in [0.05, 0.1) is 10.7 Å². The molecule has 0 radical (unpaired) electrons. The van der Waals surface area contributed by atoms with Gasteiger partial charge >= 0.3 is 0 Å². The Morgan fingerprint density at radius 2 is 2.14 bits per heavy atom. The number of rotatable bonds is 8. The standard InChI is InChI=1S/C15H22N2O3S/c1-4-6-11(2)16-15(18)10-21-12(3)13-7-5-8-14(9-13)17(19)20/h5,7-9,11-12H,4,6,10H2,1-3H3,(H,16,18)/t11-,12+/m0/s1. The van der Waals surface area contributed by atoms with Crippen LogP contribution in [0.1, 0.15) is 44.4 Å². The molecule has 6 heteroatoms. The second kappa shape index (κ2) is 8.67. The molecule has 1 aromatic rings. The smallest absolute Gasteiger partial charge is 0.269 e. The summed E-state index contributed by atoms with van der Waals surface area (Å²) in [6, 6.07) is 6.75. The van der Waals surface area contributed by atoms with Crippen LogP contribution in [0.25, 0.3) is 0 Å². The van der Waals surface area contributed by atoms with Crippen molar-refractivity contribution in [1.82, 2.24) is 5.32 Å². The quantitative estimate of drug-likeness (QED) is 0.587. The van der Waals surface area contributed by atoms with E-state index in [1.807, 2.05) is 19.9 Å². The number of nitro groups is 1. The van der Waals surface area contributed by atoms with Gasteiger partial charge in [-0.05, 0) is 25.8 Å². The summed E-state index contributed by atoms with van der Waals surface area (Å²) in [4.78, 5) is 22.2. The van der Waals surface area contributed by atoms with Gasteiger partial charge in [-0.2, -0.15) is 0 Å². The van der Waals surface area contributed by atoms with Crippen LogP contribution in [0.3, 0.4) is 0 Å². The van der Waals surface area contributed by atoms with Crippen molar-refractivity contribution in [2.24, 2.45) is 0 Å². The Morgan fingerprint density at radius 3 is 2.76 bits per heavy atom. The SMILES string of the molecule is CCC[C@H](C)NC(=O)CS[C@H](C)c1cccc([N+](=O)[O-])c1. The number of nitrogens with one attached hydrogen (secondary N) is 1. The lowest BCUT2D eigenvalue weighted by Gasteiger charge is -2.15. The first-order valence-electron chi connectivity index (χ1n) is 7.09. The van der Waals surface area contributed by atoms with E-state index in [0.29, 0.717) is 5.75 Å². The van der Waals surface area contributed by atoms with Crippen LogP contribution in [0.2, 0.25) is 0 Å². The number of nitrogens with zero attached hydrogens (tertiary/aromatic N) is 1. The van der Waals surface area contributed by atoms with E-state index in [9.17, 15) is 14.9 Å². The maximum absolute atomic E-state index is 11.8. The Morgan fingerprint density at radius 1 is 1.43 bits per heavy atom. The molecule has 0 aliphatic carbocycles. The Bertz CT molecular complexity index is 494. The van der Waals surface area contributed by atoms with Gasteiger partial charge < -0.3 is 5.32 Å². The Hall–Kier alpha value is -1.56. The summed E-state index contributed by atoms with van der Waals surface area (Å²) in [5.74, 6) is 0.371. The third-order valence-corrected chi connectivity index (χ3v) is 4.34. The predicted octanol–water partition coefficient (Wildman–Crippen LogP) is 3.69.